The third-order valence-electron chi connectivity index (χ3n) is 2.61. The molecule has 0 aliphatic heterocycles. The first-order valence-electron chi connectivity index (χ1n) is 5.57. The summed E-state index contributed by atoms with van der Waals surface area (Å²) in [4.78, 5) is 11.4. The lowest BCUT2D eigenvalue weighted by Crippen LogP contribution is -2.20. The molecule has 1 atom stereocenters. The van der Waals surface area contributed by atoms with Crippen molar-refractivity contribution in [1.29, 1.82) is 0 Å². The molecule has 0 aliphatic rings. The van der Waals surface area contributed by atoms with Crippen molar-refractivity contribution in [1.82, 2.24) is 0 Å². The van der Waals surface area contributed by atoms with Crippen molar-refractivity contribution < 1.29 is 9.90 Å². The van der Waals surface area contributed by atoms with Crippen LogP contribution in [-0.4, -0.2) is 11.1 Å². The maximum atomic E-state index is 11.4. The third kappa shape index (κ3) is 3.49. The van der Waals surface area contributed by atoms with E-state index < -0.39 is 12.0 Å². The lowest BCUT2D eigenvalue weighted by molar-refractivity contribution is -0.138. The maximum absolute atomic E-state index is 11.4. The average Bonchev–Trinajstić information content (AvgIpc) is 2.40. The van der Waals surface area contributed by atoms with Crippen LogP contribution >= 0.6 is 27.5 Å². The van der Waals surface area contributed by atoms with E-state index in [-0.39, 0.29) is 0 Å². The highest BCUT2D eigenvalue weighted by Gasteiger charge is 2.19. The Morgan fingerprint density at radius 1 is 1.21 bits per heavy atom. The van der Waals surface area contributed by atoms with Gasteiger partial charge >= 0.3 is 5.97 Å². The molecule has 0 spiro atoms. The molecule has 0 fully saturated rings. The summed E-state index contributed by atoms with van der Waals surface area (Å²) in [5.41, 5.74) is 1.38. The summed E-state index contributed by atoms with van der Waals surface area (Å²) in [5.74, 6) is -0.933. The molecule has 0 saturated carbocycles. The second kappa shape index (κ2) is 6.08. The molecule has 0 aliphatic carbocycles. The minimum absolute atomic E-state index is 0.581. The Balaban J connectivity index is 2.27. The van der Waals surface area contributed by atoms with E-state index in [0.29, 0.717) is 16.3 Å². The van der Waals surface area contributed by atoms with Crippen LogP contribution in [0.4, 0.5) is 5.69 Å². The number of carbonyl (C=O) groups is 1. The number of hydrogen-bond acceptors (Lipinski definition) is 2. The van der Waals surface area contributed by atoms with E-state index in [2.05, 4.69) is 21.2 Å². The van der Waals surface area contributed by atoms with E-state index in [0.717, 1.165) is 4.47 Å². The zero-order valence-corrected chi connectivity index (χ0v) is 12.1. The zero-order valence-electron chi connectivity index (χ0n) is 9.81. The average molecular weight is 341 g/mol. The summed E-state index contributed by atoms with van der Waals surface area (Å²) in [6.07, 6.45) is 0. The fourth-order valence-corrected chi connectivity index (χ4v) is 2.18. The van der Waals surface area contributed by atoms with Crippen LogP contribution in [0, 0.1) is 0 Å². The van der Waals surface area contributed by atoms with Crippen LogP contribution < -0.4 is 5.32 Å². The van der Waals surface area contributed by atoms with E-state index in [1.165, 1.54) is 0 Å². The highest BCUT2D eigenvalue weighted by Crippen LogP contribution is 2.28. The van der Waals surface area contributed by atoms with E-state index in [1.54, 1.807) is 30.3 Å². The van der Waals surface area contributed by atoms with Gasteiger partial charge < -0.3 is 10.4 Å². The number of carboxylic acids is 1. The minimum Gasteiger partial charge on any atom is -0.479 e. The van der Waals surface area contributed by atoms with Gasteiger partial charge in [0.2, 0.25) is 0 Å². The molecule has 19 heavy (non-hydrogen) atoms. The van der Waals surface area contributed by atoms with Gasteiger partial charge in [0, 0.05) is 10.2 Å². The van der Waals surface area contributed by atoms with Crippen LogP contribution in [0.15, 0.2) is 53.0 Å². The van der Waals surface area contributed by atoms with E-state index in [9.17, 15) is 9.90 Å². The predicted molar refractivity (Wildman–Crippen MR) is 79.6 cm³/mol. The van der Waals surface area contributed by atoms with Gasteiger partial charge in [-0.3, -0.25) is 0 Å². The Bertz CT molecular complexity index is 589. The third-order valence-corrected chi connectivity index (χ3v) is 3.82. The monoisotopic (exact) mass is 339 g/mol. The fraction of sp³-hybridized carbons (Fsp3) is 0.0714. The van der Waals surface area contributed by atoms with Crippen molar-refractivity contribution in [2.75, 3.05) is 5.32 Å². The lowest BCUT2D eigenvalue weighted by Gasteiger charge is -2.16. The molecule has 5 heteroatoms. The number of carboxylic acid groups (broad SMARTS) is 1. The first kappa shape index (κ1) is 13.9. The van der Waals surface area contributed by atoms with Gasteiger partial charge in [-0.15, -0.1) is 0 Å². The maximum Gasteiger partial charge on any atom is 0.330 e. The lowest BCUT2D eigenvalue weighted by atomic mass is 10.1. The van der Waals surface area contributed by atoms with Gasteiger partial charge in [0.15, 0.2) is 6.04 Å². The number of nitrogens with one attached hydrogen (secondary N) is 1. The molecule has 1 unspecified atom stereocenters. The highest BCUT2D eigenvalue weighted by atomic mass is 79.9. The number of aliphatic carboxylic acids is 1. The summed E-state index contributed by atoms with van der Waals surface area (Å²) < 4.78 is 0.719. The fourth-order valence-electron chi connectivity index (χ4n) is 1.69. The SMILES string of the molecule is O=C(O)C(Nc1ccc(Cl)c(Br)c1)c1ccccc1. The molecule has 0 bridgehead atoms. The molecule has 0 radical (unpaired) electrons. The van der Waals surface area contributed by atoms with Crippen molar-refractivity contribution in [2.45, 2.75) is 6.04 Å². The smallest absolute Gasteiger partial charge is 0.330 e. The summed E-state index contributed by atoms with van der Waals surface area (Å²) in [6, 6.07) is 13.4. The first-order valence-corrected chi connectivity index (χ1v) is 6.74. The molecule has 0 saturated heterocycles. The van der Waals surface area contributed by atoms with Crippen LogP contribution in [0.25, 0.3) is 0 Å². The molecule has 2 aromatic carbocycles. The molecular formula is C14H11BrClNO2. The summed E-state index contributed by atoms with van der Waals surface area (Å²) in [6.45, 7) is 0. The number of hydrogen-bond donors (Lipinski definition) is 2. The molecule has 0 heterocycles. The van der Waals surface area contributed by atoms with Crippen LogP contribution in [-0.2, 0) is 4.79 Å². The van der Waals surface area contributed by atoms with Crippen molar-refractivity contribution in [3.8, 4) is 0 Å². The van der Waals surface area contributed by atoms with Gasteiger partial charge in [-0.25, -0.2) is 4.79 Å². The van der Waals surface area contributed by atoms with Crippen LogP contribution in [0.2, 0.25) is 5.02 Å². The highest BCUT2D eigenvalue weighted by molar-refractivity contribution is 9.10. The van der Waals surface area contributed by atoms with Crippen molar-refractivity contribution >= 4 is 39.2 Å². The second-order valence-electron chi connectivity index (χ2n) is 3.96. The Kier molecular flexibility index (Phi) is 4.45. The summed E-state index contributed by atoms with van der Waals surface area (Å²) in [5, 5.41) is 12.9. The molecule has 98 valence electrons. The number of benzene rings is 2. The first-order chi connectivity index (χ1) is 9.08. The Morgan fingerprint density at radius 3 is 2.47 bits per heavy atom. The Labute approximate surface area is 124 Å². The zero-order chi connectivity index (χ0) is 13.8. The van der Waals surface area contributed by atoms with E-state index in [4.69, 9.17) is 11.6 Å². The molecule has 2 rings (SSSR count). The molecule has 0 amide bonds. The standard InChI is InChI=1S/C14H11BrClNO2/c15-11-8-10(6-7-12(11)16)17-13(14(18)19)9-4-2-1-3-5-9/h1-8,13,17H,(H,18,19). The molecule has 2 aromatic rings. The quantitative estimate of drug-likeness (QED) is 0.870. The van der Waals surface area contributed by atoms with Gasteiger partial charge in [0.25, 0.3) is 0 Å². The Morgan fingerprint density at radius 2 is 1.89 bits per heavy atom. The van der Waals surface area contributed by atoms with Crippen LogP contribution in [0.1, 0.15) is 11.6 Å². The number of rotatable bonds is 4. The number of halogens is 2. The molecular weight excluding hydrogens is 330 g/mol. The normalized spacial score (nSPS) is 11.9. The van der Waals surface area contributed by atoms with Crippen molar-refractivity contribution in [3.05, 3.63) is 63.6 Å². The summed E-state index contributed by atoms with van der Waals surface area (Å²) in [7, 11) is 0. The van der Waals surface area contributed by atoms with Gasteiger partial charge in [-0.1, -0.05) is 41.9 Å². The van der Waals surface area contributed by atoms with Gasteiger partial charge in [-0.05, 0) is 39.7 Å². The number of anilines is 1. The van der Waals surface area contributed by atoms with Crippen molar-refractivity contribution in [3.63, 3.8) is 0 Å². The molecule has 2 N–H and O–H groups in total. The largest absolute Gasteiger partial charge is 0.479 e. The topological polar surface area (TPSA) is 49.3 Å². The molecule has 3 nitrogen and oxygen atoms in total. The Hall–Kier alpha value is -1.52. The predicted octanol–water partition coefficient (Wildman–Crippen LogP) is 4.34. The second-order valence-corrected chi connectivity index (χ2v) is 5.22. The van der Waals surface area contributed by atoms with Gasteiger partial charge in [0.1, 0.15) is 0 Å². The van der Waals surface area contributed by atoms with Crippen LogP contribution in [0.5, 0.6) is 0 Å². The van der Waals surface area contributed by atoms with Crippen LogP contribution in [0.3, 0.4) is 0 Å². The summed E-state index contributed by atoms with van der Waals surface area (Å²) >= 11 is 9.22. The van der Waals surface area contributed by atoms with Gasteiger partial charge in [0.05, 0.1) is 5.02 Å². The van der Waals surface area contributed by atoms with Crippen molar-refractivity contribution in [2.24, 2.45) is 0 Å². The minimum atomic E-state index is -0.933. The van der Waals surface area contributed by atoms with E-state index in [1.807, 2.05) is 18.2 Å². The van der Waals surface area contributed by atoms with E-state index >= 15 is 0 Å². The molecule has 0 aromatic heterocycles. The van der Waals surface area contributed by atoms with Gasteiger partial charge in [-0.2, -0.15) is 0 Å².